The van der Waals surface area contributed by atoms with Gasteiger partial charge in [0.2, 0.25) is 5.88 Å². The minimum atomic E-state index is -0.218. The van der Waals surface area contributed by atoms with E-state index in [4.69, 9.17) is 10.5 Å². The van der Waals surface area contributed by atoms with Crippen molar-refractivity contribution in [2.75, 3.05) is 20.2 Å². The predicted octanol–water partition coefficient (Wildman–Crippen LogP) is 2.14. The van der Waals surface area contributed by atoms with Crippen LogP contribution in [0.4, 0.5) is 0 Å². The topological polar surface area (TPSA) is 64.3 Å². The van der Waals surface area contributed by atoms with Gasteiger partial charge in [0.1, 0.15) is 5.69 Å². The summed E-state index contributed by atoms with van der Waals surface area (Å²) < 4.78 is 5.30. The zero-order valence-electron chi connectivity index (χ0n) is 12.8. The molecule has 1 unspecified atom stereocenters. The monoisotopic (exact) mass is 278 g/mol. The molecule has 112 valence electrons. The van der Waals surface area contributed by atoms with E-state index in [0.29, 0.717) is 5.88 Å². The molecule has 0 radical (unpaired) electrons. The zero-order valence-corrected chi connectivity index (χ0v) is 12.8. The first kappa shape index (κ1) is 15.2. The highest BCUT2D eigenvalue weighted by Crippen LogP contribution is 2.33. The van der Waals surface area contributed by atoms with Crippen LogP contribution in [0.5, 0.6) is 5.88 Å². The molecule has 0 spiro atoms. The van der Waals surface area contributed by atoms with Crippen LogP contribution in [0.3, 0.4) is 0 Å². The average Bonchev–Trinajstić information content (AvgIpc) is 2.76. The van der Waals surface area contributed by atoms with E-state index in [1.165, 1.54) is 25.7 Å². The Balaban J connectivity index is 2.22. The summed E-state index contributed by atoms with van der Waals surface area (Å²) in [7, 11) is 1.61. The van der Waals surface area contributed by atoms with Crippen LogP contribution < -0.4 is 10.5 Å². The molecule has 2 heterocycles. The summed E-state index contributed by atoms with van der Waals surface area (Å²) in [6, 6.07) is -0.218. The van der Waals surface area contributed by atoms with E-state index in [9.17, 15) is 0 Å². The van der Waals surface area contributed by atoms with E-state index < -0.39 is 0 Å². The van der Waals surface area contributed by atoms with Crippen molar-refractivity contribution in [3.63, 3.8) is 0 Å². The minimum absolute atomic E-state index is 0.159. The Hall–Kier alpha value is -1.20. The predicted molar refractivity (Wildman–Crippen MR) is 79.6 cm³/mol. The highest BCUT2D eigenvalue weighted by molar-refractivity contribution is 5.24. The second-order valence-electron chi connectivity index (χ2n) is 5.98. The van der Waals surface area contributed by atoms with Crippen molar-refractivity contribution in [1.82, 2.24) is 14.9 Å². The van der Waals surface area contributed by atoms with Gasteiger partial charge >= 0.3 is 0 Å². The van der Waals surface area contributed by atoms with Crippen LogP contribution in [0, 0.1) is 0 Å². The molecule has 1 saturated heterocycles. The summed E-state index contributed by atoms with van der Waals surface area (Å²) in [6.45, 7) is 6.58. The number of likely N-dealkylation sites (tertiary alicyclic amines) is 1. The highest BCUT2D eigenvalue weighted by Gasteiger charge is 2.36. The molecule has 20 heavy (non-hydrogen) atoms. The van der Waals surface area contributed by atoms with Gasteiger partial charge in [0.15, 0.2) is 0 Å². The van der Waals surface area contributed by atoms with Gasteiger partial charge in [-0.05, 0) is 39.8 Å². The second kappa shape index (κ2) is 6.50. The fourth-order valence-electron chi connectivity index (χ4n) is 2.88. The average molecular weight is 278 g/mol. The summed E-state index contributed by atoms with van der Waals surface area (Å²) in [4.78, 5) is 11.1. The van der Waals surface area contributed by atoms with Crippen molar-refractivity contribution < 1.29 is 4.74 Å². The van der Waals surface area contributed by atoms with Crippen LogP contribution in [0.2, 0.25) is 0 Å². The highest BCUT2D eigenvalue weighted by atomic mass is 16.5. The van der Waals surface area contributed by atoms with Gasteiger partial charge in [-0.15, -0.1) is 0 Å². The Kier molecular flexibility index (Phi) is 4.94. The van der Waals surface area contributed by atoms with Crippen molar-refractivity contribution in [3.8, 4) is 5.88 Å². The van der Waals surface area contributed by atoms with E-state index in [2.05, 4.69) is 28.7 Å². The first-order chi connectivity index (χ1) is 9.57. The third kappa shape index (κ3) is 3.10. The maximum atomic E-state index is 6.51. The lowest BCUT2D eigenvalue weighted by atomic mass is 9.90. The normalized spacial score (nSPS) is 19.4. The number of nitrogens with zero attached hydrogens (tertiary/aromatic N) is 3. The van der Waals surface area contributed by atoms with E-state index in [-0.39, 0.29) is 11.6 Å². The van der Waals surface area contributed by atoms with Gasteiger partial charge in [0, 0.05) is 17.9 Å². The molecule has 2 rings (SSSR count). The van der Waals surface area contributed by atoms with Crippen molar-refractivity contribution >= 4 is 0 Å². The fourth-order valence-corrected chi connectivity index (χ4v) is 2.88. The third-order valence-electron chi connectivity index (χ3n) is 4.36. The van der Waals surface area contributed by atoms with Gasteiger partial charge in [0.05, 0.1) is 13.2 Å². The maximum absolute atomic E-state index is 6.51. The molecule has 0 aliphatic carbocycles. The van der Waals surface area contributed by atoms with Crippen LogP contribution >= 0.6 is 0 Å². The summed E-state index contributed by atoms with van der Waals surface area (Å²) >= 11 is 0. The van der Waals surface area contributed by atoms with Crippen LogP contribution in [-0.2, 0) is 0 Å². The number of nitrogens with two attached hydrogens (primary N) is 1. The molecule has 0 saturated carbocycles. The Labute approximate surface area is 121 Å². The molecule has 1 aliphatic rings. The lowest BCUT2D eigenvalue weighted by molar-refractivity contribution is 0.0952. The molecule has 1 fully saturated rings. The standard InChI is InChI=1S/C15H26N4O/c1-15(2,19-10-6-4-5-7-11-19)13(16)12-14(20-3)18-9-8-17-12/h8-9,13H,4-7,10-11,16H2,1-3H3. The molecule has 1 aromatic rings. The largest absolute Gasteiger partial charge is 0.480 e. The third-order valence-corrected chi connectivity index (χ3v) is 4.36. The number of aromatic nitrogens is 2. The van der Waals surface area contributed by atoms with Gasteiger partial charge in [-0.3, -0.25) is 9.88 Å². The first-order valence-corrected chi connectivity index (χ1v) is 7.43. The van der Waals surface area contributed by atoms with Crippen molar-refractivity contribution in [2.24, 2.45) is 5.73 Å². The Bertz CT molecular complexity index is 428. The lowest BCUT2D eigenvalue weighted by Crippen LogP contribution is -2.52. The van der Waals surface area contributed by atoms with Gasteiger partial charge in [-0.2, -0.15) is 0 Å². The van der Waals surface area contributed by atoms with E-state index >= 15 is 0 Å². The summed E-state index contributed by atoms with van der Waals surface area (Å²) in [5.41, 5.74) is 7.09. The van der Waals surface area contributed by atoms with E-state index in [0.717, 1.165) is 18.8 Å². The fraction of sp³-hybridized carbons (Fsp3) is 0.733. The zero-order chi connectivity index (χ0) is 14.6. The lowest BCUT2D eigenvalue weighted by Gasteiger charge is -2.42. The van der Waals surface area contributed by atoms with Crippen molar-refractivity contribution in [3.05, 3.63) is 18.1 Å². The van der Waals surface area contributed by atoms with Crippen molar-refractivity contribution in [2.45, 2.75) is 51.1 Å². The van der Waals surface area contributed by atoms with Crippen molar-refractivity contribution in [1.29, 1.82) is 0 Å². The number of ether oxygens (including phenoxy) is 1. The van der Waals surface area contributed by atoms with Gasteiger partial charge in [-0.25, -0.2) is 4.98 Å². The number of hydrogen-bond acceptors (Lipinski definition) is 5. The van der Waals surface area contributed by atoms with Crippen LogP contribution in [0.25, 0.3) is 0 Å². The maximum Gasteiger partial charge on any atom is 0.237 e. The Morgan fingerprint density at radius 2 is 1.75 bits per heavy atom. The molecule has 1 aliphatic heterocycles. The van der Waals surface area contributed by atoms with Crippen LogP contribution in [0.1, 0.15) is 51.3 Å². The smallest absolute Gasteiger partial charge is 0.237 e. The molecule has 5 nitrogen and oxygen atoms in total. The molecular weight excluding hydrogens is 252 g/mol. The van der Waals surface area contributed by atoms with E-state index in [1.54, 1.807) is 19.5 Å². The molecule has 0 aromatic carbocycles. The molecule has 2 N–H and O–H groups in total. The number of rotatable bonds is 4. The SMILES string of the molecule is COc1nccnc1C(N)C(C)(C)N1CCCCCC1. The van der Waals surface area contributed by atoms with Crippen LogP contribution in [-0.4, -0.2) is 40.6 Å². The molecule has 0 amide bonds. The summed E-state index contributed by atoms with van der Waals surface area (Å²) in [5, 5.41) is 0. The molecule has 0 bridgehead atoms. The summed E-state index contributed by atoms with van der Waals surface area (Å²) in [6.07, 6.45) is 8.43. The minimum Gasteiger partial charge on any atom is -0.480 e. The quantitative estimate of drug-likeness (QED) is 0.914. The van der Waals surface area contributed by atoms with Gasteiger partial charge in [0.25, 0.3) is 0 Å². The summed E-state index contributed by atoms with van der Waals surface area (Å²) in [5.74, 6) is 0.530. The second-order valence-corrected chi connectivity index (χ2v) is 5.98. The first-order valence-electron chi connectivity index (χ1n) is 7.43. The Morgan fingerprint density at radius 3 is 2.35 bits per heavy atom. The molecular formula is C15H26N4O. The number of methoxy groups -OCH3 is 1. The van der Waals surface area contributed by atoms with E-state index in [1.807, 2.05) is 0 Å². The van der Waals surface area contributed by atoms with Gasteiger partial charge in [-0.1, -0.05) is 12.8 Å². The molecule has 1 atom stereocenters. The van der Waals surface area contributed by atoms with Crippen LogP contribution in [0.15, 0.2) is 12.4 Å². The van der Waals surface area contributed by atoms with Gasteiger partial charge < -0.3 is 10.5 Å². The Morgan fingerprint density at radius 1 is 1.15 bits per heavy atom. The molecule has 5 heteroatoms. The number of hydrogen-bond donors (Lipinski definition) is 1. The molecule has 1 aromatic heterocycles.